The first-order chi connectivity index (χ1) is 17.5. The van der Waals surface area contributed by atoms with Gasteiger partial charge >= 0.3 is 29.8 Å². The van der Waals surface area contributed by atoms with Crippen LogP contribution in [0.2, 0.25) is 0 Å². The second-order valence-electron chi connectivity index (χ2n) is 8.93. The van der Waals surface area contributed by atoms with E-state index >= 15 is 0 Å². The van der Waals surface area contributed by atoms with Crippen molar-refractivity contribution in [2.75, 3.05) is 19.6 Å². The zero-order chi connectivity index (χ0) is 29.3. The van der Waals surface area contributed by atoms with Crippen molar-refractivity contribution in [3.63, 3.8) is 0 Å². The number of carboxylic acids is 5. The van der Waals surface area contributed by atoms with Gasteiger partial charge in [0.1, 0.15) is 0 Å². The smallest absolute Gasteiger partial charge is 0.317 e. The lowest BCUT2D eigenvalue weighted by Crippen LogP contribution is -2.74. The molecule has 0 fully saturated rings. The number of nitro groups is 1. The van der Waals surface area contributed by atoms with Crippen molar-refractivity contribution in [3.8, 4) is 0 Å². The molecule has 1 aromatic carbocycles. The maximum atomic E-state index is 12.2. The van der Waals surface area contributed by atoms with Crippen molar-refractivity contribution >= 4 is 35.5 Å². The Balaban J connectivity index is 4.16. The van der Waals surface area contributed by atoms with Crippen LogP contribution in [0.3, 0.4) is 0 Å². The molecule has 16 nitrogen and oxygen atoms in total. The van der Waals surface area contributed by atoms with Crippen molar-refractivity contribution < 1.29 is 54.4 Å². The molecule has 0 amide bonds. The molecule has 1 aromatic rings. The van der Waals surface area contributed by atoms with E-state index in [0.29, 0.717) is 4.90 Å². The van der Waals surface area contributed by atoms with Gasteiger partial charge in [-0.15, -0.1) is 0 Å². The minimum Gasteiger partial charge on any atom is -0.481 e. The summed E-state index contributed by atoms with van der Waals surface area (Å²) in [6.07, 6.45) is -3.83. The summed E-state index contributed by atoms with van der Waals surface area (Å²) in [5.41, 5.74) is 0.972. The monoisotopic (exact) mass is 542 g/mol. The molecule has 210 valence electrons. The van der Waals surface area contributed by atoms with Gasteiger partial charge in [0.25, 0.3) is 5.69 Å². The molecule has 0 heterocycles. The molecule has 0 spiro atoms. The third kappa shape index (κ3) is 8.75. The molecule has 2 unspecified atom stereocenters. The molecule has 0 aromatic heterocycles. The summed E-state index contributed by atoms with van der Waals surface area (Å²) in [6.45, 7) is -0.974. The van der Waals surface area contributed by atoms with E-state index in [1.165, 1.54) is 19.1 Å². The summed E-state index contributed by atoms with van der Waals surface area (Å²) in [4.78, 5) is 71.1. The number of carbonyl (C=O) groups is 5. The number of nitrogens with zero attached hydrogens (tertiary/aromatic N) is 2. The number of nitrogens with two attached hydrogens (primary N) is 1. The fourth-order valence-electron chi connectivity index (χ4n) is 4.49. The standard InChI is InChI=1S/C22H30N4O12/c1-13(23)10-24-21(7-16(27)28,8-17(29)30)22(9-18(31)32,25(11-19(33)34)12-20(35)36)6-14-2-4-15(5-3-14)26(37)38/h2-5,13,24H,6-12,23H2,1H3,(H,27,28)(H,29,30)(H,31,32)(H,33,34)(H,35,36). The number of nitro benzene ring substituents is 1. The maximum Gasteiger partial charge on any atom is 0.317 e. The van der Waals surface area contributed by atoms with Crippen LogP contribution in [0.4, 0.5) is 5.69 Å². The average molecular weight is 542 g/mol. The maximum absolute atomic E-state index is 12.2. The van der Waals surface area contributed by atoms with Gasteiger partial charge in [-0.05, 0) is 18.9 Å². The van der Waals surface area contributed by atoms with Crippen LogP contribution in [0.25, 0.3) is 0 Å². The van der Waals surface area contributed by atoms with E-state index in [9.17, 15) is 59.6 Å². The Hall–Kier alpha value is -4.15. The van der Waals surface area contributed by atoms with Crippen molar-refractivity contribution in [3.05, 3.63) is 39.9 Å². The fourth-order valence-corrected chi connectivity index (χ4v) is 4.49. The molecule has 0 aliphatic rings. The lowest BCUT2D eigenvalue weighted by molar-refractivity contribution is -0.384. The molecule has 0 aliphatic heterocycles. The quantitative estimate of drug-likeness (QED) is 0.0905. The SMILES string of the molecule is CC(N)CNC(CC(=O)O)(CC(=O)O)C(CC(=O)O)(Cc1ccc([N+](=O)[O-])cc1)N(CC(=O)O)CC(=O)O. The molecule has 16 heteroatoms. The molecular weight excluding hydrogens is 512 g/mol. The first-order valence-corrected chi connectivity index (χ1v) is 11.1. The molecule has 38 heavy (non-hydrogen) atoms. The van der Waals surface area contributed by atoms with Crippen molar-refractivity contribution in [1.82, 2.24) is 10.2 Å². The van der Waals surface area contributed by atoms with Crippen LogP contribution in [-0.2, 0) is 30.4 Å². The molecule has 0 aliphatic carbocycles. The van der Waals surface area contributed by atoms with E-state index in [1.54, 1.807) is 0 Å². The molecule has 1 rings (SSSR count). The molecule has 0 radical (unpaired) electrons. The number of non-ortho nitro benzene ring substituents is 1. The largest absolute Gasteiger partial charge is 0.481 e. The Morgan fingerprint density at radius 2 is 1.34 bits per heavy atom. The third-order valence-corrected chi connectivity index (χ3v) is 5.90. The highest BCUT2D eigenvalue weighted by atomic mass is 16.6. The highest BCUT2D eigenvalue weighted by Gasteiger charge is 2.58. The fraction of sp³-hybridized carbons (Fsp3) is 0.500. The first kappa shape index (κ1) is 31.9. The predicted octanol–water partition coefficient (Wildman–Crippen LogP) is -0.553. The topological polar surface area (TPSA) is 271 Å². The van der Waals surface area contributed by atoms with Gasteiger partial charge in [0.15, 0.2) is 0 Å². The van der Waals surface area contributed by atoms with Crippen LogP contribution >= 0.6 is 0 Å². The second kappa shape index (κ2) is 13.4. The summed E-state index contributed by atoms with van der Waals surface area (Å²) in [7, 11) is 0. The minimum atomic E-state index is -2.32. The van der Waals surface area contributed by atoms with E-state index in [-0.39, 0.29) is 17.8 Å². The zero-order valence-electron chi connectivity index (χ0n) is 20.4. The molecule has 0 saturated carbocycles. The highest BCUT2D eigenvalue weighted by molar-refractivity contribution is 5.78. The Bertz CT molecular complexity index is 1030. The van der Waals surface area contributed by atoms with Gasteiger partial charge in [-0.1, -0.05) is 12.1 Å². The number of aliphatic carboxylic acids is 5. The highest BCUT2D eigenvalue weighted by Crippen LogP contribution is 2.41. The molecule has 2 atom stereocenters. The Labute approximate surface area is 215 Å². The van der Waals surface area contributed by atoms with Gasteiger partial charge < -0.3 is 36.6 Å². The molecule has 8 N–H and O–H groups in total. The van der Waals surface area contributed by atoms with E-state index in [4.69, 9.17) is 5.73 Å². The van der Waals surface area contributed by atoms with Crippen LogP contribution in [0.1, 0.15) is 31.7 Å². The number of rotatable bonds is 18. The minimum absolute atomic E-state index is 0.125. The normalized spacial score (nSPS) is 13.9. The first-order valence-electron chi connectivity index (χ1n) is 11.1. The third-order valence-electron chi connectivity index (χ3n) is 5.90. The summed E-state index contributed by atoms with van der Waals surface area (Å²) >= 11 is 0. The number of hydrogen-bond acceptors (Lipinski definition) is 10. The van der Waals surface area contributed by atoms with Gasteiger partial charge in [0.2, 0.25) is 0 Å². The summed E-state index contributed by atoms with van der Waals surface area (Å²) in [6, 6.07) is 3.81. The number of hydrogen-bond donors (Lipinski definition) is 7. The lowest BCUT2D eigenvalue weighted by atomic mass is 9.65. The number of benzene rings is 1. The molecular formula is C22H30N4O12. The van der Waals surface area contributed by atoms with Crippen LogP contribution < -0.4 is 11.1 Å². The number of nitrogens with one attached hydrogen (secondary N) is 1. The molecule has 0 bridgehead atoms. The van der Waals surface area contributed by atoms with Crippen molar-refractivity contribution in [2.45, 2.75) is 49.7 Å². The van der Waals surface area contributed by atoms with E-state index < -0.39 is 90.7 Å². The average Bonchev–Trinajstić information content (AvgIpc) is 2.75. The van der Waals surface area contributed by atoms with E-state index in [1.807, 2.05) is 0 Å². The van der Waals surface area contributed by atoms with Crippen molar-refractivity contribution in [2.24, 2.45) is 5.73 Å². The lowest BCUT2D eigenvalue weighted by Gasteiger charge is -2.55. The zero-order valence-corrected chi connectivity index (χ0v) is 20.4. The van der Waals surface area contributed by atoms with Gasteiger partial charge in [0, 0.05) is 24.7 Å². The van der Waals surface area contributed by atoms with Gasteiger partial charge in [-0.25, -0.2) is 0 Å². The van der Waals surface area contributed by atoms with Gasteiger partial charge in [-0.2, -0.15) is 0 Å². The van der Waals surface area contributed by atoms with Crippen molar-refractivity contribution in [1.29, 1.82) is 0 Å². The second-order valence-corrected chi connectivity index (χ2v) is 8.93. The summed E-state index contributed by atoms with van der Waals surface area (Å²) < 4.78 is 0. The Morgan fingerprint density at radius 3 is 1.68 bits per heavy atom. The van der Waals surface area contributed by atoms with Gasteiger partial charge in [0.05, 0.1) is 48.4 Å². The Morgan fingerprint density at radius 1 is 0.895 bits per heavy atom. The summed E-state index contributed by atoms with van der Waals surface area (Å²) in [5.74, 6) is -8.00. The predicted molar refractivity (Wildman–Crippen MR) is 128 cm³/mol. The van der Waals surface area contributed by atoms with Crippen LogP contribution in [0.5, 0.6) is 0 Å². The van der Waals surface area contributed by atoms with Crippen LogP contribution in [-0.4, -0.2) is 102 Å². The van der Waals surface area contributed by atoms with Crippen LogP contribution in [0, 0.1) is 10.1 Å². The number of carboxylic acid groups (broad SMARTS) is 5. The van der Waals surface area contributed by atoms with E-state index in [0.717, 1.165) is 12.1 Å². The van der Waals surface area contributed by atoms with Gasteiger partial charge in [-0.3, -0.25) is 39.0 Å². The Kier molecular flexibility index (Phi) is 11.2. The summed E-state index contributed by atoms with van der Waals surface area (Å²) in [5, 5.41) is 62.5. The molecule has 0 saturated heterocycles. The van der Waals surface area contributed by atoms with Crippen LogP contribution in [0.15, 0.2) is 24.3 Å². The van der Waals surface area contributed by atoms with E-state index in [2.05, 4.69) is 5.32 Å².